The minimum absolute atomic E-state index is 0.126. The average molecular weight is 294 g/mol. The van der Waals surface area contributed by atoms with Crippen LogP contribution in [0.2, 0.25) is 0 Å². The molecule has 1 aliphatic heterocycles. The first-order valence-corrected chi connectivity index (χ1v) is 5.86. The molecule has 0 spiro atoms. The summed E-state index contributed by atoms with van der Waals surface area (Å²) in [7, 11) is 1.72. The van der Waals surface area contributed by atoms with Gasteiger partial charge >= 0.3 is 0 Å². The van der Waals surface area contributed by atoms with Gasteiger partial charge in [0.1, 0.15) is 0 Å². The first-order chi connectivity index (χ1) is 6.24. The van der Waals surface area contributed by atoms with Gasteiger partial charge in [-0.3, -0.25) is 4.79 Å². The third-order valence-corrected chi connectivity index (χ3v) is 4.70. The Morgan fingerprint density at radius 2 is 2.31 bits per heavy atom. The van der Waals surface area contributed by atoms with Crippen molar-refractivity contribution >= 4 is 28.8 Å². The number of fused-ring (bicyclic) bond motifs is 1. The fourth-order valence-corrected chi connectivity index (χ4v) is 3.83. The van der Waals surface area contributed by atoms with E-state index in [4.69, 9.17) is 0 Å². The van der Waals surface area contributed by atoms with E-state index in [1.165, 1.54) is 19.3 Å². The number of amides is 1. The Hall–Kier alpha value is 0.160. The summed E-state index contributed by atoms with van der Waals surface area (Å²) in [6, 6.07) is 0.795. The largest absolute Gasteiger partial charge is 0.358 e. The molecular formula is C9H15IN2O. The molecule has 0 bridgehead atoms. The molecule has 0 radical (unpaired) electrons. The average Bonchev–Trinajstić information content (AvgIpc) is 2.68. The number of hydrogen-bond acceptors (Lipinski definition) is 2. The normalized spacial score (nSPS) is 39.1. The van der Waals surface area contributed by atoms with Gasteiger partial charge in [0.2, 0.25) is 5.91 Å². The van der Waals surface area contributed by atoms with Crippen molar-refractivity contribution in [2.24, 2.45) is 5.92 Å². The lowest BCUT2D eigenvalue weighted by atomic mass is 10.0. The number of nitrogens with zero attached hydrogens (tertiary/aromatic N) is 1. The Morgan fingerprint density at radius 3 is 2.92 bits per heavy atom. The molecule has 1 heterocycles. The quantitative estimate of drug-likeness (QED) is 0.584. The lowest BCUT2D eigenvalue weighted by Gasteiger charge is -2.20. The summed E-state index contributed by atoms with van der Waals surface area (Å²) >= 11 is 2.32. The van der Waals surface area contributed by atoms with Gasteiger partial charge in [-0.15, -0.1) is 0 Å². The molecular weight excluding hydrogens is 279 g/mol. The summed E-state index contributed by atoms with van der Waals surface area (Å²) < 4.78 is 2.24. The summed E-state index contributed by atoms with van der Waals surface area (Å²) in [5.41, 5.74) is 0. The van der Waals surface area contributed by atoms with Crippen molar-refractivity contribution in [3.05, 3.63) is 0 Å². The summed E-state index contributed by atoms with van der Waals surface area (Å²) in [6.45, 7) is 0. The van der Waals surface area contributed by atoms with Crippen LogP contribution in [0.3, 0.4) is 0 Å². The lowest BCUT2D eigenvalue weighted by molar-refractivity contribution is -0.123. The highest BCUT2D eigenvalue weighted by molar-refractivity contribution is 14.1. The van der Waals surface area contributed by atoms with E-state index in [1.807, 2.05) is 0 Å². The second-order valence-electron chi connectivity index (χ2n) is 3.97. The molecule has 0 aromatic rings. The van der Waals surface area contributed by atoms with E-state index in [0.29, 0.717) is 6.04 Å². The second-order valence-corrected chi connectivity index (χ2v) is 5.08. The Kier molecular flexibility index (Phi) is 2.78. The van der Waals surface area contributed by atoms with Gasteiger partial charge in [-0.25, -0.2) is 3.11 Å². The Morgan fingerprint density at radius 1 is 1.54 bits per heavy atom. The minimum Gasteiger partial charge on any atom is -0.358 e. The number of carbonyl (C=O) groups is 1. The summed E-state index contributed by atoms with van der Waals surface area (Å²) in [4.78, 5) is 11.5. The van der Waals surface area contributed by atoms with Crippen molar-refractivity contribution in [3.8, 4) is 0 Å². The SMILES string of the molecule is CNC(=O)[C@@H]1C[C@@H]2CCC[C@@H]2N1I. The van der Waals surface area contributed by atoms with E-state index in [9.17, 15) is 4.79 Å². The van der Waals surface area contributed by atoms with Gasteiger partial charge in [0.15, 0.2) is 0 Å². The monoisotopic (exact) mass is 294 g/mol. The van der Waals surface area contributed by atoms with Crippen molar-refractivity contribution < 1.29 is 4.79 Å². The van der Waals surface area contributed by atoms with Gasteiger partial charge in [-0.2, -0.15) is 0 Å². The third-order valence-electron chi connectivity index (χ3n) is 3.31. The molecule has 1 N–H and O–H groups in total. The Bertz CT molecular complexity index is 222. The van der Waals surface area contributed by atoms with Crippen LogP contribution in [0, 0.1) is 5.92 Å². The maximum absolute atomic E-state index is 11.5. The zero-order valence-electron chi connectivity index (χ0n) is 7.79. The first-order valence-electron chi connectivity index (χ1n) is 4.89. The standard InChI is InChI=1S/C9H15IN2O/c1-11-9(13)8-5-6-3-2-4-7(6)12(8)10/h6-8H,2-5H2,1H3,(H,11,13)/t6-,7-,8-/m0/s1. The number of carbonyl (C=O) groups excluding carboxylic acids is 1. The molecule has 4 heteroatoms. The predicted octanol–water partition coefficient (Wildman–Crippen LogP) is 1.33. The van der Waals surface area contributed by atoms with Crippen LogP contribution in [0.25, 0.3) is 0 Å². The molecule has 3 atom stereocenters. The highest BCUT2D eigenvalue weighted by atomic mass is 127. The van der Waals surface area contributed by atoms with Crippen LogP contribution in [0.4, 0.5) is 0 Å². The molecule has 3 nitrogen and oxygen atoms in total. The molecule has 2 aliphatic rings. The molecule has 74 valence electrons. The topological polar surface area (TPSA) is 32.3 Å². The van der Waals surface area contributed by atoms with E-state index < -0.39 is 0 Å². The molecule has 13 heavy (non-hydrogen) atoms. The zero-order chi connectivity index (χ0) is 9.42. The molecule has 0 aromatic heterocycles. The van der Waals surface area contributed by atoms with Gasteiger partial charge in [0.25, 0.3) is 0 Å². The lowest BCUT2D eigenvalue weighted by Crippen LogP contribution is -2.39. The van der Waals surface area contributed by atoms with Gasteiger partial charge in [0, 0.05) is 36.0 Å². The van der Waals surface area contributed by atoms with Crippen molar-refractivity contribution in [2.45, 2.75) is 37.8 Å². The van der Waals surface area contributed by atoms with Crippen LogP contribution in [0.5, 0.6) is 0 Å². The fourth-order valence-electron chi connectivity index (χ4n) is 2.62. The molecule has 0 aromatic carbocycles. The van der Waals surface area contributed by atoms with E-state index >= 15 is 0 Å². The van der Waals surface area contributed by atoms with Gasteiger partial charge in [-0.1, -0.05) is 6.42 Å². The van der Waals surface area contributed by atoms with Crippen molar-refractivity contribution in [1.82, 2.24) is 8.43 Å². The van der Waals surface area contributed by atoms with Gasteiger partial charge in [-0.05, 0) is 25.2 Å². The molecule has 1 amide bonds. The number of hydrogen-bond donors (Lipinski definition) is 1. The maximum atomic E-state index is 11.5. The van der Waals surface area contributed by atoms with Crippen LogP contribution >= 0.6 is 22.9 Å². The Labute approximate surface area is 92.7 Å². The van der Waals surface area contributed by atoms with E-state index in [0.717, 1.165) is 12.3 Å². The molecule has 2 fully saturated rings. The molecule has 2 rings (SSSR count). The van der Waals surface area contributed by atoms with Crippen LogP contribution in [-0.4, -0.2) is 28.2 Å². The molecule has 1 saturated carbocycles. The number of halogens is 1. The second kappa shape index (κ2) is 3.73. The van der Waals surface area contributed by atoms with Crippen LogP contribution < -0.4 is 5.32 Å². The minimum atomic E-state index is 0.126. The van der Waals surface area contributed by atoms with Gasteiger partial charge < -0.3 is 5.32 Å². The van der Waals surface area contributed by atoms with Crippen molar-refractivity contribution in [2.75, 3.05) is 7.05 Å². The zero-order valence-corrected chi connectivity index (χ0v) is 9.95. The molecule has 0 unspecified atom stereocenters. The maximum Gasteiger partial charge on any atom is 0.237 e. The van der Waals surface area contributed by atoms with E-state index in [2.05, 4.69) is 31.3 Å². The Balaban J connectivity index is 2.06. The summed E-state index contributed by atoms with van der Waals surface area (Å²) in [5.74, 6) is 0.961. The fraction of sp³-hybridized carbons (Fsp3) is 0.889. The number of nitrogens with one attached hydrogen (secondary N) is 1. The predicted molar refractivity (Wildman–Crippen MR) is 59.5 cm³/mol. The summed E-state index contributed by atoms with van der Waals surface area (Å²) in [5, 5.41) is 2.74. The van der Waals surface area contributed by atoms with Crippen LogP contribution in [-0.2, 0) is 4.79 Å². The van der Waals surface area contributed by atoms with Crippen LogP contribution in [0.1, 0.15) is 25.7 Å². The van der Waals surface area contributed by atoms with Gasteiger partial charge in [0.05, 0.1) is 6.04 Å². The van der Waals surface area contributed by atoms with Crippen LogP contribution in [0.15, 0.2) is 0 Å². The summed E-state index contributed by atoms with van der Waals surface area (Å²) in [6.07, 6.45) is 5.00. The highest BCUT2D eigenvalue weighted by Gasteiger charge is 2.45. The van der Waals surface area contributed by atoms with Crippen molar-refractivity contribution in [1.29, 1.82) is 0 Å². The van der Waals surface area contributed by atoms with Crippen molar-refractivity contribution in [3.63, 3.8) is 0 Å². The number of likely N-dealkylation sites (N-methyl/N-ethyl adjacent to an activating group) is 1. The highest BCUT2D eigenvalue weighted by Crippen LogP contribution is 2.42. The first kappa shape index (κ1) is 9.71. The third kappa shape index (κ3) is 1.58. The molecule has 1 saturated heterocycles. The smallest absolute Gasteiger partial charge is 0.237 e. The van der Waals surface area contributed by atoms with E-state index in [-0.39, 0.29) is 11.9 Å². The molecule has 1 aliphatic carbocycles. The van der Waals surface area contributed by atoms with E-state index in [1.54, 1.807) is 7.05 Å². The number of rotatable bonds is 1.